The molecule has 2 heterocycles. The van der Waals surface area contributed by atoms with Gasteiger partial charge in [0.15, 0.2) is 0 Å². The number of carbonyl (C=O) groups excluding carboxylic acids is 1. The minimum absolute atomic E-state index is 0.0534. The van der Waals surface area contributed by atoms with E-state index in [2.05, 4.69) is 22.5 Å². The zero-order valence-electron chi connectivity index (χ0n) is 14.2. The number of thiazole rings is 1. The Bertz CT molecular complexity index is 702. The molecule has 2 atom stereocenters. The molecule has 134 valence electrons. The summed E-state index contributed by atoms with van der Waals surface area (Å²) in [6, 6.07) is 7.74. The number of rotatable bonds is 7. The molecule has 1 amide bonds. The lowest BCUT2D eigenvalue weighted by Crippen LogP contribution is -2.34. The van der Waals surface area contributed by atoms with Gasteiger partial charge in [-0.15, -0.1) is 11.3 Å². The first-order valence-corrected chi connectivity index (χ1v) is 9.41. The van der Waals surface area contributed by atoms with Crippen molar-refractivity contribution < 1.29 is 14.6 Å². The van der Waals surface area contributed by atoms with Gasteiger partial charge >= 0.3 is 0 Å². The molecule has 0 spiro atoms. The number of carbonyl (C=O) groups is 1. The van der Waals surface area contributed by atoms with Crippen LogP contribution in [-0.2, 0) is 0 Å². The molecule has 25 heavy (non-hydrogen) atoms. The smallest absolute Gasteiger partial charge is 0.270 e. The van der Waals surface area contributed by atoms with Gasteiger partial charge in [0.05, 0.1) is 12.7 Å². The second-order valence-corrected chi connectivity index (χ2v) is 6.96. The van der Waals surface area contributed by atoms with Crippen LogP contribution in [0.1, 0.15) is 23.8 Å². The van der Waals surface area contributed by atoms with Crippen LogP contribution in [0.2, 0.25) is 0 Å². The van der Waals surface area contributed by atoms with E-state index in [-0.39, 0.29) is 11.8 Å². The lowest BCUT2D eigenvalue weighted by atomic mass is 10.1. The first kappa shape index (κ1) is 17.8. The summed E-state index contributed by atoms with van der Waals surface area (Å²) in [6.07, 6.45) is 0.570. The number of aromatic nitrogens is 1. The topological polar surface area (TPSA) is 83.5 Å². The summed E-state index contributed by atoms with van der Waals surface area (Å²) in [6.45, 7) is 4.52. The van der Waals surface area contributed by atoms with Gasteiger partial charge in [-0.25, -0.2) is 4.98 Å². The Balaban J connectivity index is 1.58. The fourth-order valence-corrected chi connectivity index (χ4v) is 3.47. The number of nitrogens with one attached hydrogen (secondary N) is 2. The van der Waals surface area contributed by atoms with E-state index in [9.17, 15) is 9.90 Å². The van der Waals surface area contributed by atoms with Gasteiger partial charge in [-0.3, -0.25) is 4.79 Å². The number of β-amino-alcohol motifs (C(OH)–C–C–N with tert-alkyl or cyclic N) is 1. The molecule has 0 bridgehead atoms. The summed E-state index contributed by atoms with van der Waals surface area (Å²) in [4.78, 5) is 16.7. The van der Waals surface area contributed by atoms with E-state index in [4.69, 9.17) is 4.74 Å². The van der Waals surface area contributed by atoms with Gasteiger partial charge < -0.3 is 20.5 Å². The molecule has 1 aromatic heterocycles. The molecule has 0 aliphatic carbocycles. The van der Waals surface area contributed by atoms with Crippen LogP contribution in [0, 0.1) is 5.92 Å². The van der Waals surface area contributed by atoms with Gasteiger partial charge in [0.2, 0.25) is 0 Å². The van der Waals surface area contributed by atoms with Gasteiger partial charge in [-0.1, -0.05) is 6.92 Å². The van der Waals surface area contributed by atoms with Crippen molar-refractivity contribution in [1.82, 2.24) is 15.6 Å². The van der Waals surface area contributed by atoms with Gasteiger partial charge in [0.1, 0.15) is 16.5 Å². The molecular formula is C18H23N3O3S. The third-order valence-corrected chi connectivity index (χ3v) is 5.03. The molecule has 1 fully saturated rings. The van der Waals surface area contributed by atoms with Crippen LogP contribution in [0.4, 0.5) is 0 Å². The summed E-state index contributed by atoms with van der Waals surface area (Å²) < 4.78 is 5.57. The number of nitrogens with zero attached hydrogens (tertiary/aromatic N) is 1. The van der Waals surface area contributed by atoms with Crippen LogP contribution in [0.15, 0.2) is 29.6 Å². The number of ether oxygens (including phenoxy) is 1. The molecule has 1 aromatic carbocycles. The van der Waals surface area contributed by atoms with E-state index >= 15 is 0 Å². The second-order valence-electron chi connectivity index (χ2n) is 6.11. The highest BCUT2D eigenvalue weighted by molar-refractivity contribution is 7.13. The summed E-state index contributed by atoms with van der Waals surface area (Å²) in [5.41, 5.74) is 1.37. The molecule has 7 heteroatoms. The largest absolute Gasteiger partial charge is 0.494 e. The number of amides is 1. The Morgan fingerprint density at radius 1 is 1.40 bits per heavy atom. The zero-order chi connectivity index (χ0) is 17.6. The van der Waals surface area contributed by atoms with Gasteiger partial charge in [0.25, 0.3) is 5.91 Å². The highest BCUT2D eigenvalue weighted by Crippen LogP contribution is 2.26. The van der Waals surface area contributed by atoms with Gasteiger partial charge in [0, 0.05) is 36.5 Å². The van der Waals surface area contributed by atoms with E-state index in [0.29, 0.717) is 25.4 Å². The van der Waals surface area contributed by atoms with Crippen LogP contribution < -0.4 is 15.4 Å². The molecule has 3 rings (SSSR count). The maximum atomic E-state index is 12.2. The summed E-state index contributed by atoms with van der Waals surface area (Å²) >= 11 is 1.44. The molecule has 0 radical (unpaired) electrons. The Kier molecular flexibility index (Phi) is 6.01. The van der Waals surface area contributed by atoms with Gasteiger partial charge in [-0.05, 0) is 30.7 Å². The quantitative estimate of drug-likeness (QED) is 0.702. The average molecular weight is 361 g/mol. The minimum Gasteiger partial charge on any atom is -0.494 e. The van der Waals surface area contributed by atoms with Crippen LogP contribution in [0.3, 0.4) is 0 Å². The van der Waals surface area contributed by atoms with Crippen LogP contribution in [-0.4, -0.2) is 48.3 Å². The Labute approximate surface area is 151 Å². The first-order chi connectivity index (χ1) is 12.2. The highest BCUT2D eigenvalue weighted by Gasteiger charge is 2.25. The lowest BCUT2D eigenvalue weighted by molar-refractivity contribution is 0.0923. The first-order valence-electron chi connectivity index (χ1n) is 8.53. The average Bonchev–Trinajstić information content (AvgIpc) is 3.28. The van der Waals surface area contributed by atoms with Crippen molar-refractivity contribution in [1.29, 1.82) is 0 Å². The van der Waals surface area contributed by atoms with E-state index in [0.717, 1.165) is 29.3 Å². The maximum absolute atomic E-state index is 12.2. The molecule has 1 aliphatic rings. The van der Waals surface area contributed by atoms with Crippen molar-refractivity contribution in [3.05, 3.63) is 35.3 Å². The number of aliphatic hydroxyl groups is 1. The molecule has 1 saturated heterocycles. The minimum atomic E-state index is -0.403. The van der Waals surface area contributed by atoms with E-state index in [1.54, 1.807) is 5.38 Å². The summed E-state index contributed by atoms with van der Waals surface area (Å²) in [5.74, 6) is 0.686. The summed E-state index contributed by atoms with van der Waals surface area (Å²) in [5, 5.41) is 18.3. The van der Waals surface area contributed by atoms with Crippen molar-refractivity contribution in [3.63, 3.8) is 0 Å². The van der Waals surface area contributed by atoms with Crippen molar-refractivity contribution in [3.8, 4) is 16.3 Å². The predicted molar refractivity (Wildman–Crippen MR) is 98.0 cm³/mol. The monoisotopic (exact) mass is 361 g/mol. The highest BCUT2D eigenvalue weighted by atomic mass is 32.1. The third kappa shape index (κ3) is 4.56. The van der Waals surface area contributed by atoms with E-state index in [1.807, 2.05) is 24.3 Å². The number of hydrogen-bond donors (Lipinski definition) is 3. The SMILES string of the molecule is CCCOc1ccc(-c2nc(C(=O)NCC3CNCC3O)cs2)cc1. The normalized spacial score (nSPS) is 19.8. The number of hydrogen-bond acceptors (Lipinski definition) is 6. The van der Waals surface area contributed by atoms with E-state index in [1.165, 1.54) is 11.3 Å². The fraction of sp³-hybridized carbons (Fsp3) is 0.444. The fourth-order valence-electron chi connectivity index (χ4n) is 2.67. The van der Waals surface area contributed by atoms with Gasteiger partial charge in [-0.2, -0.15) is 0 Å². The van der Waals surface area contributed by atoms with Crippen LogP contribution in [0.25, 0.3) is 10.6 Å². The Morgan fingerprint density at radius 2 is 2.20 bits per heavy atom. The van der Waals surface area contributed by atoms with Crippen LogP contribution in [0.5, 0.6) is 5.75 Å². The molecule has 1 aliphatic heterocycles. The second kappa shape index (κ2) is 8.42. The third-order valence-electron chi connectivity index (χ3n) is 4.14. The number of aliphatic hydroxyl groups excluding tert-OH is 1. The molecular weight excluding hydrogens is 338 g/mol. The Hall–Kier alpha value is -1.96. The zero-order valence-corrected chi connectivity index (χ0v) is 15.0. The lowest BCUT2D eigenvalue weighted by Gasteiger charge is -2.13. The van der Waals surface area contributed by atoms with Crippen molar-refractivity contribution in [2.75, 3.05) is 26.2 Å². The van der Waals surface area contributed by atoms with Crippen molar-refractivity contribution in [2.24, 2.45) is 5.92 Å². The molecule has 0 saturated carbocycles. The molecule has 2 unspecified atom stereocenters. The molecule has 6 nitrogen and oxygen atoms in total. The number of benzene rings is 1. The molecule has 2 aromatic rings. The predicted octanol–water partition coefficient (Wildman–Crippen LogP) is 1.91. The van der Waals surface area contributed by atoms with Crippen LogP contribution >= 0.6 is 11.3 Å². The standard InChI is InChI=1S/C18H23N3O3S/c1-2-7-24-14-5-3-12(4-6-14)18-21-15(11-25-18)17(23)20-9-13-8-19-10-16(13)22/h3-6,11,13,16,19,22H,2,7-10H2,1H3,(H,20,23). The van der Waals surface area contributed by atoms with E-state index < -0.39 is 6.10 Å². The van der Waals surface area contributed by atoms with Crippen molar-refractivity contribution >= 4 is 17.2 Å². The summed E-state index contributed by atoms with van der Waals surface area (Å²) in [7, 11) is 0. The maximum Gasteiger partial charge on any atom is 0.270 e. The Morgan fingerprint density at radius 3 is 2.88 bits per heavy atom. The molecule has 3 N–H and O–H groups in total. The van der Waals surface area contributed by atoms with Crippen molar-refractivity contribution in [2.45, 2.75) is 19.4 Å².